The number of nitrogens with one attached hydrogen (secondary N) is 2. The zero-order valence-electron chi connectivity index (χ0n) is 14.5. The van der Waals surface area contributed by atoms with Crippen LogP contribution in [0.5, 0.6) is 0 Å². The number of rotatable bonds is 5. The van der Waals surface area contributed by atoms with Crippen LogP contribution in [0.15, 0.2) is 60.7 Å². The van der Waals surface area contributed by atoms with Gasteiger partial charge in [-0.2, -0.15) is 4.98 Å². The molecule has 0 bridgehead atoms. The standard InChI is InChI=1S/C21H21FN4/c22-16-9-6-12-18(13-16)24-21-25-19(15-7-2-1-3-8-15)14-20(26-21)23-17-10-4-5-11-17/h1-3,6-9,12-14,17H,4-5,10-11H2,(H2,23,24,25,26). The molecule has 1 aliphatic rings. The maximum Gasteiger partial charge on any atom is 0.229 e. The Kier molecular flexibility index (Phi) is 4.78. The van der Waals surface area contributed by atoms with E-state index in [0.29, 0.717) is 17.7 Å². The van der Waals surface area contributed by atoms with Crippen LogP contribution < -0.4 is 10.6 Å². The van der Waals surface area contributed by atoms with Crippen LogP contribution in [0.2, 0.25) is 0 Å². The summed E-state index contributed by atoms with van der Waals surface area (Å²) in [4.78, 5) is 9.21. The Labute approximate surface area is 152 Å². The Morgan fingerprint density at radius 3 is 2.46 bits per heavy atom. The van der Waals surface area contributed by atoms with E-state index in [0.717, 1.165) is 29.9 Å². The van der Waals surface area contributed by atoms with E-state index in [4.69, 9.17) is 0 Å². The lowest BCUT2D eigenvalue weighted by molar-refractivity contribution is 0.628. The minimum Gasteiger partial charge on any atom is -0.367 e. The van der Waals surface area contributed by atoms with Crippen LogP contribution in [-0.4, -0.2) is 16.0 Å². The van der Waals surface area contributed by atoms with Gasteiger partial charge in [-0.25, -0.2) is 9.37 Å². The van der Waals surface area contributed by atoms with E-state index in [1.807, 2.05) is 36.4 Å². The molecule has 1 fully saturated rings. The molecule has 1 saturated carbocycles. The molecule has 1 aromatic heterocycles. The monoisotopic (exact) mass is 348 g/mol. The summed E-state index contributed by atoms with van der Waals surface area (Å²) in [7, 11) is 0. The summed E-state index contributed by atoms with van der Waals surface area (Å²) in [5.41, 5.74) is 2.48. The first kappa shape index (κ1) is 16.5. The lowest BCUT2D eigenvalue weighted by Crippen LogP contribution is -2.16. The number of halogens is 1. The molecule has 3 aromatic rings. The van der Waals surface area contributed by atoms with Gasteiger partial charge >= 0.3 is 0 Å². The molecule has 2 aromatic carbocycles. The van der Waals surface area contributed by atoms with Crippen molar-refractivity contribution in [3.8, 4) is 11.3 Å². The average molecular weight is 348 g/mol. The second-order valence-corrected chi connectivity index (χ2v) is 6.59. The number of benzene rings is 2. The predicted molar refractivity (Wildman–Crippen MR) is 103 cm³/mol. The molecule has 1 heterocycles. The van der Waals surface area contributed by atoms with Gasteiger partial charge in [0.05, 0.1) is 5.69 Å². The lowest BCUT2D eigenvalue weighted by Gasteiger charge is -2.15. The number of anilines is 3. The van der Waals surface area contributed by atoms with Crippen molar-refractivity contribution in [3.05, 3.63) is 66.5 Å². The summed E-state index contributed by atoms with van der Waals surface area (Å²) < 4.78 is 13.5. The van der Waals surface area contributed by atoms with Gasteiger partial charge in [0.2, 0.25) is 5.95 Å². The molecule has 132 valence electrons. The van der Waals surface area contributed by atoms with Gasteiger partial charge in [-0.3, -0.25) is 0 Å². The minimum absolute atomic E-state index is 0.293. The Hall–Kier alpha value is -2.95. The quantitative estimate of drug-likeness (QED) is 0.650. The highest BCUT2D eigenvalue weighted by Gasteiger charge is 2.16. The highest BCUT2D eigenvalue weighted by Crippen LogP contribution is 2.26. The van der Waals surface area contributed by atoms with Crippen molar-refractivity contribution in [1.29, 1.82) is 0 Å². The number of hydrogen-bond donors (Lipinski definition) is 2. The van der Waals surface area contributed by atoms with Gasteiger partial charge in [0, 0.05) is 23.4 Å². The molecular weight excluding hydrogens is 327 g/mol. The molecule has 0 amide bonds. The Bertz CT molecular complexity index is 876. The first-order chi connectivity index (χ1) is 12.8. The van der Waals surface area contributed by atoms with Crippen molar-refractivity contribution in [2.75, 3.05) is 10.6 Å². The van der Waals surface area contributed by atoms with Crippen molar-refractivity contribution >= 4 is 17.5 Å². The van der Waals surface area contributed by atoms with Gasteiger partial charge in [0.15, 0.2) is 0 Å². The summed E-state index contributed by atoms with van der Waals surface area (Å²) in [6, 6.07) is 18.7. The maximum absolute atomic E-state index is 13.5. The molecule has 2 N–H and O–H groups in total. The summed E-state index contributed by atoms with van der Waals surface area (Å²) in [5.74, 6) is 0.959. The van der Waals surface area contributed by atoms with Gasteiger partial charge in [-0.1, -0.05) is 49.2 Å². The van der Waals surface area contributed by atoms with E-state index in [-0.39, 0.29) is 5.82 Å². The normalized spacial score (nSPS) is 14.3. The van der Waals surface area contributed by atoms with Crippen LogP contribution in [0.3, 0.4) is 0 Å². The molecule has 0 aliphatic heterocycles. The van der Waals surface area contributed by atoms with Gasteiger partial charge < -0.3 is 10.6 Å². The van der Waals surface area contributed by atoms with E-state index < -0.39 is 0 Å². The summed E-state index contributed by atoms with van der Waals surface area (Å²) in [6.07, 6.45) is 4.83. The fraction of sp³-hybridized carbons (Fsp3) is 0.238. The molecule has 0 unspecified atom stereocenters. The van der Waals surface area contributed by atoms with Crippen molar-refractivity contribution in [3.63, 3.8) is 0 Å². The number of aromatic nitrogens is 2. The molecule has 26 heavy (non-hydrogen) atoms. The zero-order chi connectivity index (χ0) is 17.8. The van der Waals surface area contributed by atoms with Crippen LogP contribution in [0.25, 0.3) is 11.3 Å². The predicted octanol–water partition coefficient (Wildman–Crippen LogP) is 5.38. The highest BCUT2D eigenvalue weighted by molar-refractivity contribution is 5.66. The third-order valence-electron chi connectivity index (χ3n) is 4.58. The molecule has 0 spiro atoms. The first-order valence-electron chi connectivity index (χ1n) is 9.00. The van der Waals surface area contributed by atoms with Gasteiger partial charge in [-0.05, 0) is 31.0 Å². The van der Waals surface area contributed by atoms with E-state index in [2.05, 4.69) is 20.6 Å². The van der Waals surface area contributed by atoms with E-state index in [9.17, 15) is 4.39 Å². The molecule has 0 radical (unpaired) electrons. The Morgan fingerprint density at radius 2 is 1.69 bits per heavy atom. The molecule has 0 saturated heterocycles. The van der Waals surface area contributed by atoms with Crippen LogP contribution >= 0.6 is 0 Å². The molecule has 4 nitrogen and oxygen atoms in total. The fourth-order valence-electron chi connectivity index (χ4n) is 3.31. The smallest absolute Gasteiger partial charge is 0.229 e. The highest BCUT2D eigenvalue weighted by atomic mass is 19.1. The topological polar surface area (TPSA) is 49.8 Å². The van der Waals surface area contributed by atoms with Gasteiger partial charge in [0.25, 0.3) is 0 Å². The SMILES string of the molecule is Fc1cccc(Nc2nc(NC3CCCC3)cc(-c3ccccc3)n2)c1. The van der Waals surface area contributed by atoms with Crippen LogP contribution in [0, 0.1) is 5.82 Å². The second kappa shape index (κ2) is 7.52. The third-order valence-corrected chi connectivity index (χ3v) is 4.58. The van der Waals surface area contributed by atoms with Crippen LogP contribution in [0.4, 0.5) is 21.8 Å². The van der Waals surface area contributed by atoms with Crippen molar-refractivity contribution < 1.29 is 4.39 Å². The zero-order valence-corrected chi connectivity index (χ0v) is 14.5. The van der Waals surface area contributed by atoms with E-state index in [1.165, 1.54) is 25.0 Å². The van der Waals surface area contributed by atoms with Crippen LogP contribution in [-0.2, 0) is 0 Å². The molecular formula is C21H21FN4. The fourth-order valence-corrected chi connectivity index (χ4v) is 3.31. The maximum atomic E-state index is 13.5. The minimum atomic E-state index is -0.293. The third kappa shape index (κ3) is 3.99. The number of hydrogen-bond acceptors (Lipinski definition) is 4. The molecule has 5 heteroatoms. The largest absolute Gasteiger partial charge is 0.367 e. The van der Waals surface area contributed by atoms with Crippen molar-refractivity contribution in [1.82, 2.24) is 9.97 Å². The molecule has 4 rings (SSSR count). The van der Waals surface area contributed by atoms with Gasteiger partial charge in [-0.15, -0.1) is 0 Å². The second-order valence-electron chi connectivity index (χ2n) is 6.59. The summed E-state index contributed by atoms with van der Waals surface area (Å²) in [6.45, 7) is 0. The Morgan fingerprint density at radius 1 is 0.885 bits per heavy atom. The summed E-state index contributed by atoms with van der Waals surface area (Å²) >= 11 is 0. The Balaban J connectivity index is 1.67. The van der Waals surface area contributed by atoms with E-state index >= 15 is 0 Å². The van der Waals surface area contributed by atoms with Crippen molar-refractivity contribution in [2.24, 2.45) is 0 Å². The molecule has 1 aliphatic carbocycles. The van der Waals surface area contributed by atoms with E-state index in [1.54, 1.807) is 12.1 Å². The van der Waals surface area contributed by atoms with Crippen molar-refractivity contribution in [2.45, 2.75) is 31.7 Å². The first-order valence-corrected chi connectivity index (χ1v) is 9.00. The summed E-state index contributed by atoms with van der Waals surface area (Å²) in [5, 5.41) is 6.64. The lowest BCUT2D eigenvalue weighted by atomic mass is 10.1. The molecule has 0 atom stereocenters. The average Bonchev–Trinajstić information content (AvgIpc) is 3.15. The van der Waals surface area contributed by atoms with Gasteiger partial charge in [0.1, 0.15) is 11.6 Å². The van der Waals surface area contributed by atoms with Crippen LogP contribution in [0.1, 0.15) is 25.7 Å². The number of nitrogens with zero attached hydrogens (tertiary/aromatic N) is 2.